The number of hydrogen-bond acceptors (Lipinski definition) is 4. The molecule has 1 saturated carbocycles. The zero-order chi connectivity index (χ0) is 13.4. The smallest absolute Gasteiger partial charge is 0.246 e. The van der Waals surface area contributed by atoms with E-state index in [1.54, 1.807) is 0 Å². The molecule has 0 saturated heterocycles. The molecule has 0 spiro atoms. The van der Waals surface area contributed by atoms with Crippen molar-refractivity contribution >= 4 is 11.7 Å². The van der Waals surface area contributed by atoms with Crippen LogP contribution in [0.1, 0.15) is 44.9 Å². The Morgan fingerprint density at radius 3 is 2.39 bits per heavy atom. The summed E-state index contributed by atoms with van der Waals surface area (Å²) in [4.78, 5) is 11.7. The summed E-state index contributed by atoms with van der Waals surface area (Å²) < 4.78 is 4.80. The van der Waals surface area contributed by atoms with E-state index in [0.717, 1.165) is 25.7 Å². The van der Waals surface area contributed by atoms with Crippen LogP contribution in [0.3, 0.4) is 0 Å². The van der Waals surface area contributed by atoms with Gasteiger partial charge in [0.1, 0.15) is 12.1 Å². The van der Waals surface area contributed by atoms with Gasteiger partial charge in [0.15, 0.2) is 5.84 Å². The minimum atomic E-state index is -0.717. The van der Waals surface area contributed by atoms with Crippen molar-refractivity contribution in [1.29, 1.82) is 0 Å². The van der Waals surface area contributed by atoms with E-state index in [1.165, 1.54) is 13.5 Å². The SMILES string of the molecule is COCC(=O)NC1(C(N)=NO)CCCCCCC1. The molecule has 18 heavy (non-hydrogen) atoms. The van der Waals surface area contributed by atoms with Gasteiger partial charge in [0.2, 0.25) is 5.91 Å². The Kier molecular flexibility index (Phi) is 5.91. The monoisotopic (exact) mass is 257 g/mol. The second kappa shape index (κ2) is 7.20. The lowest BCUT2D eigenvalue weighted by Crippen LogP contribution is -2.58. The molecule has 6 nitrogen and oxygen atoms in total. The molecule has 1 rings (SSSR count). The first-order valence-electron chi connectivity index (χ1n) is 6.42. The van der Waals surface area contributed by atoms with Gasteiger partial charge in [-0.2, -0.15) is 0 Å². The van der Waals surface area contributed by atoms with Crippen LogP contribution in [0.2, 0.25) is 0 Å². The van der Waals surface area contributed by atoms with E-state index < -0.39 is 5.54 Å². The molecular weight excluding hydrogens is 234 g/mol. The Morgan fingerprint density at radius 1 is 1.33 bits per heavy atom. The summed E-state index contributed by atoms with van der Waals surface area (Å²) in [5.74, 6) is -0.140. The van der Waals surface area contributed by atoms with Gasteiger partial charge in [-0.3, -0.25) is 4.79 Å². The summed E-state index contributed by atoms with van der Waals surface area (Å²) in [7, 11) is 1.47. The number of nitrogens with two attached hydrogens (primary N) is 1. The molecule has 0 atom stereocenters. The molecule has 1 fully saturated rings. The largest absolute Gasteiger partial charge is 0.409 e. The molecule has 0 unspecified atom stereocenters. The normalized spacial score (nSPS) is 20.8. The molecule has 6 heteroatoms. The van der Waals surface area contributed by atoms with Crippen LogP contribution in [0.4, 0.5) is 0 Å². The highest BCUT2D eigenvalue weighted by molar-refractivity contribution is 5.94. The molecule has 4 N–H and O–H groups in total. The summed E-state index contributed by atoms with van der Waals surface area (Å²) >= 11 is 0. The Hall–Kier alpha value is -1.30. The quantitative estimate of drug-likeness (QED) is 0.303. The third-order valence-electron chi connectivity index (χ3n) is 3.46. The van der Waals surface area contributed by atoms with E-state index in [-0.39, 0.29) is 18.3 Å². The molecule has 0 aliphatic heterocycles. The summed E-state index contributed by atoms with van der Waals surface area (Å²) in [5.41, 5.74) is 5.07. The fourth-order valence-corrected chi connectivity index (χ4v) is 2.48. The first kappa shape index (κ1) is 14.8. The lowest BCUT2D eigenvalue weighted by molar-refractivity contribution is -0.126. The van der Waals surface area contributed by atoms with E-state index in [4.69, 9.17) is 15.7 Å². The zero-order valence-electron chi connectivity index (χ0n) is 10.9. The van der Waals surface area contributed by atoms with Crippen LogP contribution in [0.25, 0.3) is 0 Å². The second-order valence-corrected chi connectivity index (χ2v) is 4.82. The number of methoxy groups -OCH3 is 1. The van der Waals surface area contributed by atoms with E-state index in [0.29, 0.717) is 12.8 Å². The van der Waals surface area contributed by atoms with Gasteiger partial charge < -0.3 is 21.0 Å². The fraction of sp³-hybridized carbons (Fsp3) is 0.833. The Bertz CT molecular complexity index is 297. The van der Waals surface area contributed by atoms with Gasteiger partial charge in [0.05, 0.1) is 0 Å². The van der Waals surface area contributed by atoms with E-state index in [1.807, 2.05) is 0 Å². The van der Waals surface area contributed by atoms with Crippen LogP contribution in [0, 0.1) is 0 Å². The second-order valence-electron chi connectivity index (χ2n) is 4.82. The highest BCUT2D eigenvalue weighted by Gasteiger charge is 2.36. The molecule has 104 valence electrons. The zero-order valence-corrected chi connectivity index (χ0v) is 10.9. The maximum Gasteiger partial charge on any atom is 0.246 e. The number of carbonyl (C=O) groups is 1. The maximum atomic E-state index is 11.7. The van der Waals surface area contributed by atoms with Crippen LogP contribution < -0.4 is 11.1 Å². The number of carbonyl (C=O) groups excluding carboxylic acids is 1. The van der Waals surface area contributed by atoms with Crippen LogP contribution >= 0.6 is 0 Å². The number of hydrogen-bond donors (Lipinski definition) is 3. The van der Waals surface area contributed by atoms with Crippen molar-refractivity contribution in [2.75, 3.05) is 13.7 Å². The van der Waals surface area contributed by atoms with Gasteiger partial charge in [0, 0.05) is 7.11 Å². The Labute approximate surface area is 108 Å². The van der Waals surface area contributed by atoms with Crippen LogP contribution in [-0.2, 0) is 9.53 Å². The summed E-state index contributed by atoms with van der Waals surface area (Å²) in [5, 5.41) is 14.9. The van der Waals surface area contributed by atoms with Crippen LogP contribution in [0.15, 0.2) is 5.16 Å². The first-order valence-corrected chi connectivity index (χ1v) is 6.42. The molecule has 1 aliphatic rings. The van der Waals surface area contributed by atoms with Gasteiger partial charge in [-0.1, -0.05) is 37.3 Å². The standard InChI is InChI=1S/C12H23N3O3/c1-18-9-10(16)14-12(11(13)15-17)7-5-3-2-4-6-8-12/h17H,2-9H2,1H3,(H2,13,15)(H,14,16). The highest BCUT2D eigenvalue weighted by atomic mass is 16.5. The lowest BCUT2D eigenvalue weighted by atomic mass is 9.83. The molecular formula is C12H23N3O3. The van der Waals surface area contributed by atoms with Gasteiger partial charge in [-0.05, 0) is 12.8 Å². The van der Waals surface area contributed by atoms with E-state index in [9.17, 15) is 4.79 Å². The number of oxime groups is 1. The van der Waals surface area contributed by atoms with Crippen molar-refractivity contribution in [3.63, 3.8) is 0 Å². The number of nitrogens with one attached hydrogen (secondary N) is 1. The summed E-state index contributed by atoms with van der Waals surface area (Å²) in [6.07, 6.45) is 6.77. The predicted octanol–water partition coefficient (Wildman–Crippen LogP) is 0.978. The molecule has 0 bridgehead atoms. The number of nitrogens with zero attached hydrogens (tertiary/aromatic N) is 1. The minimum Gasteiger partial charge on any atom is -0.409 e. The van der Waals surface area contributed by atoms with Crippen molar-refractivity contribution in [1.82, 2.24) is 5.32 Å². The molecule has 0 aromatic carbocycles. The predicted molar refractivity (Wildman–Crippen MR) is 68.5 cm³/mol. The summed E-state index contributed by atoms with van der Waals surface area (Å²) in [6.45, 7) is -0.0134. The van der Waals surface area contributed by atoms with Crippen LogP contribution in [-0.4, -0.2) is 36.2 Å². The van der Waals surface area contributed by atoms with Gasteiger partial charge in [0.25, 0.3) is 0 Å². The van der Waals surface area contributed by atoms with Crippen LogP contribution in [0.5, 0.6) is 0 Å². The van der Waals surface area contributed by atoms with E-state index in [2.05, 4.69) is 10.5 Å². The molecule has 0 heterocycles. The lowest BCUT2D eigenvalue weighted by Gasteiger charge is -2.35. The molecule has 0 aromatic rings. The fourth-order valence-electron chi connectivity index (χ4n) is 2.48. The maximum absolute atomic E-state index is 11.7. The van der Waals surface area contributed by atoms with Gasteiger partial charge in [-0.25, -0.2) is 0 Å². The average Bonchev–Trinajstić information content (AvgIpc) is 2.32. The molecule has 1 amide bonds. The highest BCUT2D eigenvalue weighted by Crippen LogP contribution is 2.26. The third-order valence-corrected chi connectivity index (χ3v) is 3.46. The first-order chi connectivity index (χ1) is 8.64. The van der Waals surface area contributed by atoms with Crippen molar-refractivity contribution in [2.45, 2.75) is 50.5 Å². The van der Waals surface area contributed by atoms with Gasteiger partial charge >= 0.3 is 0 Å². The summed E-state index contributed by atoms with van der Waals surface area (Å²) in [6, 6.07) is 0. The number of amides is 1. The van der Waals surface area contributed by atoms with E-state index >= 15 is 0 Å². The van der Waals surface area contributed by atoms with Crippen molar-refractivity contribution in [2.24, 2.45) is 10.9 Å². The van der Waals surface area contributed by atoms with Crippen molar-refractivity contribution in [3.8, 4) is 0 Å². The van der Waals surface area contributed by atoms with Crippen molar-refractivity contribution < 1.29 is 14.7 Å². The third kappa shape index (κ3) is 3.87. The average molecular weight is 257 g/mol. The topological polar surface area (TPSA) is 96.9 Å². The molecule has 0 radical (unpaired) electrons. The van der Waals surface area contributed by atoms with Gasteiger partial charge in [-0.15, -0.1) is 0 Å². The number of amidine groups is 1. The number of ether oxygens (including phenoxy) is 1. The Balaban J connectivity index is 2.81. The number of rotatable bonds is 4. The molecule has 0 aromatic heterocycles. The Morgan fingerprint density at radius 2 is 1.89 bits per heavy atom. The molecule has 1 aliphatic carbocycles. The van der Waals surface area contributed by atoms with Crippen molar-refractivity contribution in [3.05, 3.63) is 0 Å². The minimum absolute atomic E-state index is 0.0134.